The lowest BCUT2D eigenvalue weighted by molar-refractivity contribution is -0.114. The van der Waals surface area contributed by atoms with Crippen molar-refractivity contribution in [3.63, 3.8) is 0 Å². The summed E-state index contributed by atoms with van der Waals surface area (Å²) < 4.78 is 7.10. The van der Waals surface area contributed by atoms with Gasteiger partial charge in [0.15, 0.2) is 5.13 Å². The van der Waals surface area contributed by atoms with Crippen LogP contribution in [0.15, 0.2) is 73.1 Å². The molecular formula is C23H20N4O3S. The second-order valence-electron chi connectivity index (χ2n) is 6.71. The molecule has 4 aromatic rings. The average molecular weight is 433 g/mol. The Balaban J connectivity index is 1.65. The molecule has 31 heavy (non-hydrogen) atoms. The van der Waals surface area contributed by atoms with Crippen LogP contribution in [0.2, 0.25) is 0 Å². The summed E-state index contributed by atoms with van der Waals surface area (Å²) in [5, 5.41) is 6.31. The Kier molecular flexibility index (Phi) is 5.81. The standard InChI is InChI=1S/C23H20N4O3S/c1-15(28)24-17-7-9-18(10-8-17)25-22(29)21-20(16-5-11-19(30-2)12-6-16)26-23(31-21)27-13-3-4-14-27/h3-14H,1-2H3,(H,24,28)(H,25,29). The van der Waals surface area contributed by atoms with Crippen LogP contribution in [0.5, 0.6) is 5.75 Å². The van der Waals surface area contributed by atoms with E-state index in [9.17, 15) is 9.59 Å². The van der Waals surface area contributed by atoms with Crippen molar-refractivity contribution in [2.45, 2.75) is 6.92 Å². The highest BCUT2D eigenvalue weighted by Crippen LogP contribution is 2.32. The van der Waals surface area contributed by atoms with Crippen LogP contribution >= 0.6 is 11.3 Å². The molecule has 8 heteroatoms. The highest BCUT2D eigenvalue weighted by Gasteiger charge is 2.20. The summed E-state index contributed by atoms with van der Waals surface area (Å²) >= 11 is 1.31. The van der Waals surface area contributed by atoms with Crippen molar-refractivity contribution in [3.05, 3.63) is 77.9 Å². The van der Waals surface area contributed by atoms with Gasteiger partial charge >= 0.3 is 0 Å². The molecule has 4 rings (SSSR count). The summed E-state index contributed by atoms with van der Waals surface area (Å²) in [4.78, 5) is 29.5. The van der Waals surface area contributed by atoms with E-state index >= 15 is 0 Å². The fraction of sp³-hybridized carbons (Fsp3) is 0.0870. The van der Waals surface area contributed by atoms with E-state index in [0.29, 0.717) is 27.1 Å². The van der Waals surface area contributed by atoms with Gasteiger partial charge in [0.1, 0.15) is 10.6 Å². The van der Waals surface area contributed by atoms with Gasteiger partial charge < -0.3 is 19.9 Å². The number of amides is 2. The van der Waals surface area contributed by atoms with E-state index in [2.05, 4.69) is 10.6 Å². The van der Waals surface area contributed by atoms with Gasteiger partial charge in [0.05, 0.1) is 12.8 Å². The lowest BCUT2D eigenvalue weighted by Crippen LogP contribution is -2.11. The normalized spacial score (nSPS) is 10.5. The van der Waals surface area contributed by atoms with Crippen molar-refractivity contribution in [2.75, 3.05) is 17.7 Å². The largest absolute Gasteiger partial charge is 0.497 e. The number of aromatic nitrogens is 2. The molecule has 0 aliphatic rings. The maximum atomic E-state index is 13.1. The molecule has 156 valence electrons. The Bertz CT molecular complexity index is 1200. The van der Waals surface area contributed by atoms with Crippen LogP contribution in [0, 0.1) is 0 Å². The summed E-state index contributed by atoms with van der Waals surface area (Å²) in [7, 11) is 1.61. The lowest BCUT2D eigenvalue weighted by Gasteiger charge is -2.07. The molecule has 2 aromatic heterocycles. The van der Waals surface area contributed by atoms with Gasteiger partial charge in [-0.2, -0.15) is 0 Å². The zero-order valence-electron chi connectivity index (χ0n) is 17.0. The molecule has 2 heterocycles. The van der Waals surface area contributed by atoms with Crippen molar-refractivity contribution in [1.82, 2.24) is 9.55 Å². The molecular weight excluding hydrogens is 412 g/mol. The number of methoxy groups -OCH3 is 1. The highest BCUT2D eigenvalue weighted by atomic mass is 32.1. The number of carbonyl (C=O) groups excluding carboxylic acids is 2. The Hall–Kier alpha value is -3.91. The molecule has 0 fully saturated rings. The minimum absolute atomic E-state index is 0.150. The first-order chi connectivity index (χ1) is 15.0. The third kappa shape index (κ3) is 4.65. The number of rotatable bonds is 6. The second kappa shape index (κ2) is 8.85. The molecule has 0 saturated heterocycles. The summed E-state index contributed by atoms with van der Waals surface area (Å²) in [6, 6.07) is 18.2. The Labute approximate surface area is 183 Å². The molecule has 0 unspecified atom stereocenters. The van der Waals surface area contributed by atoms with Gasteiger partial charge in [-0.25, -0.2) is 4.98 Å². The predicted molar refractivity (Wildman–Crippen MR) is 122 cm³/mol. The van der Waals surface area contributed by atoms with E-state index < -0.39 is 0 Å². The van der Waals surface area contributed by atoms with Gasteiger partial charge in [-0.05, 0) is 60.7 Å². The Morgan fingerprint density at radius 1 is 0.935 bits per heavy atom. The van der Waals surface area contributed by atoms with Gasteiger partial charge in [-0.1, -0.05) is 11.3 Å². The number of nitrogens with one attached hydrogen (secondary N) is 2. The van der Waals surface area contributed by atoms with E-state index in [0.717, 1.165) is 11.3 Å². The molecule has 0 atom stereocenters. The molecule has 0 radical (unpaired) electrons. The van der Waals surface area contributed by atoms with Crippen LogP contribution in [0.4, 0.5) is 11.4 Å². The van der Waals surface area contributed by atoms with Gasteiger partial charge in [0.2, 0.25) is 5.91 Å². The number of ether oxygens (including phenoxy) is 1. The lowest BCUT2D eigenvalue weighted by atomic mass is 10.1. The summed E-state index contributed by atoms with van der Waals surface area (Å²) in [6.07, 6.45) is 3.78. The molecule has 7 nitrogen and oxygen atoms in total. The first-order valence-corrected chi connectivity index (χ1v) is 10.3. The number of anilines is 2. The van der Waals surface area contributed by atoms with Crippen LogP contribution in [0.1, 0.15) is 16.6 Å². The molecule has 0 aliphatic carbocycles. The van der Waals surface area contributed by atoms with E-state index in [4.69, 9.17) is 9.72 Å². The molecule has 2 N–H and O–H groups in total. The van der Waals surface area contributed by atoms with E-state index in [1.165, 1.54) is 18.3 Å². The highest BCUT2D eigenvalue weighted by molar-refractivity contribution is 7.16. The average Bonchev–Trinajstić information content (AvgIpc) is 3.45. The van der Waals surface area contributed by atoms with Crippen molar-refractivity contribution in [2.24, 2.45) is 0 Å². The van der Waals surface area contributed by atoms with Crippen LogP contribution < -0.4 is 15.4 Å². The second-order valence-corrected chi connectivity index (χ2v) is 7.68. The quantitative estimate of drug-likeness (QED) is 0.457. The first-order valence-electron chi connectivity index (χ1n) is 9.51. The van der Waals surface area contributed by atoms with Gasteiger partial charge in [-0.3, -0.25) is 9.59 Å². The van der Waals surface area contributed by atoms with E-state index in [1.54, 1.807) is 31.4 Å². The van der Waals surface area contributed by atoms with Crippen molar-refractivity contribution in [1.29, 1.82) is 0 Å². The summed E-state index contributed by atoms with van der Waals surface area (Å²) in [6.45, 7) is 1.45. The molecule has 0 spiro atoms. The summed E-state index contributed by atoms with van der Waals surface area (Å²) in [5.74, 6) is 0.326. The van der Waals surface area contributed by atoms with Crippen molar-refractivity contribution >= 4 is 34.5 Å². The zero-order chi connectivity index (χ0) is 21.8. The van der Waals surface area contributed by atoms with Crippen LogP contribution in [-0.4, -0.2) is 28.5 Å². The minimum atomic E-state index is -0.256. The Morgan fingerprint density at radius 2 is 1.55 bits per heavy atom. The minimum Gasteiger partial charge on any atom is -0.497 e. The van der Waals surface area contributed by atoms with Gasteiger partial charge in [0, 0.05) is 36.3 Å². The first kappa shape index (κ1) is 20.4. The smallest absolute Gasteiger partial charge is 0.268 e. The predicted octanol–water partition coefficient (Wildman–Crippen LogP) is 4.82. The van der Waals surface area contributed by atoms with E-state index in [1.807, 2.05) is 53.4 Å². The molecule has 0 aliphatic heterocycles. The van der Waals surface area contributed by atoms with Crippen LogP contribution in [0.3, 0.4) is 0 Å². The monoisotopic (exact) mass is 432 g/mol. The summed E-state index contributed by atoms with van der Waals surface area (Å²) in [5.41, 5.74) is 2.71. The number of benzene rings is 2. The number of nitrogens with zero attached hydrogens (tertiary/aromatic N) is 2. The third-order valence-electron chi connectivity index (χ3n) is 4.47. The maximum absolute atomic E-state index is 13.1. The van der Waals surface area contributed by atoms with Gasteiger partial charge in [0.25, 0.3) is 5.91 Å². The number of carbonyl (C=O) groups is 2. The SMILES string of the molecule is COc1ccc(-c2nc(-n3cccc3)sc2C(=O)Nc2ccc(NC(C)=O)cc2)cc1. The topological polar surface area (TPSA) is 85.2 Å². The number of hydrogen-bond acceptors (Lipinski definition) is 5. The van der Waals surface area contributed by atoms with Crippen molar-refractivity contribution < 1.29 is 14.3 Å². The molecule has 0 bridgehead atoms. The fourth-order valence-corrected chi connectivity index (χ4v) is 3.96. The fourth-order valence-electron chi connectivity index (χ4n) is 3.01. The Morgan fingerprint density at radius 3 is 2.13 bits per heavy atom. The molecule has 0 saturated carbocycles. The van der Waals surface area contributed by atoms with Crippen molar-refractivity contribution in [3.8, 4) is 22.1 Å². The maximum Gasteiger partial charge on any atom is 0.268 e. The molecule has 2 aromatic carbocycles. The number of hydrogen-bond donors (Lipinski definition) is 2. The number of thiazole rings is 1. The van der Waals surface area contributed by atoms with Crippen LogP contribution in [-0.2, 0) is 4.79 Å². The van der Waals surface area contributed by atoms with Crippen LogP contribution in [0.25, 0.3) is 16.4 Å². The zero-order valence-corrected chi connectivity index (χ0v) is 17.8. The van der Waals surface area contributed by atoms with E-state index in [-0.39, 0.29) is 11.8 Å². The van der Waals surface area contributed by atoms with Gasteiger partial charge in [-0.15, -0.1) is 0 Å². The third-order valence-corrected chi connectivity index (χ3v) is 5.54. The molecule has 2 amide bonds.